The molecule has 4 heteroatoms. The molecule has 0 atom stereocenters. The van der Waals surface area contributed by atoms with Crippen molar-refractivity contribution in [3.8, 4) is 22.4 Å². The number of aromatic nitrogens is 1. The molecular formula is C56H36N2OS. The smallest absolute Gasteiger partial charge is 0.135 e. The highest BCUT2D eigenvalue weighted by Gasteiger charge is 2.36. The fourth-order valence-electron chi connectivity index (χ4n) is 10.2. The summed E-state index contributed by atoms with van der Waals surface area (Å²) < 4.78 is 9.02. The number of hydrogen-bond donors (Lipinski definition) is 0. The Morgan fingerprint density at radius 3 is 1.82 bits per heavy atom. The van der Waals surface area contributed by atoms with Crippen LogP contribution >= 0.6 is 11.3 Å². The number of thiophene rings is 1. The van der Waals surface area contributed by atoms with Crippen LogP contribution in [-0.2, 0) is 5.41 Å². The van der Waals surface area contributed by atoms with Gasteiger partial charge in [0, 0.05) is 65.2 Å². The van der Waals surface area contributed by atoms with E-state index in [1.165, 1.54) is 74.7 Å². The summed E-state index contributed by atoms with van der Waals surface area (Å²) in [5.41, 5.74) is 12.3. The van der Waals surface area contributed by atoms with Gasteiger partial charge in [0.05, 0.1) is 5.69 Å². The van der Waals surface area contributed by atoms with Crippen LogP contribution in [0.15, 0.2) is 187 Å². The number of pyridine rings is 1. The molecule has 282 valence electrons. The van der Waals surface area contributed by atoms with Crippen molar-refractivity contribution in [2.24, 2.45) is 0 Å². The van der Waals surface area contributed by atoms with Crippen LogP contribution in [0.25, 0.3) is 96.8 Å². The maximum absolute atomic E-state index is 6.45. The number of furan rings is 1. The summed E-state index contributed by atoms with van der Waals surface area (Å²) in [4.78, 5) is 7.08. The van der Waals surface area contributed by atoms with Gasteiger partial charge in [0.2, 0.25) is 0 Å². The first-order valence-corrected chi connectivity index (χ1v) is 21.4. The molecule has 3 aromatic heterocycles. The molecule has 0 fully saturated rings. The second kappa shape index (κ2) is 12.4. The van der Waals surface area contributed by atoms with Crippen LogP contribution in [-0.4, -0.2) is 4.98 Å². The Hall–Kier alpha value is -7.27. The van der Waals surface area contributed by atoms with Gasteiger partial charge >= 0.3 is 0 Å². The van der Waals surface area contributed by atoms with E-state index in [0.717, 1.165) is 50.3 Å². The van der Waals surface area contributed by atoms with Crippen molar-refractivity contribution in [3.63, 3.8) is 0 Å². The highest BCUT2D eigenvalue weighted by Crippen LogP contribution is 2.51. The Balaban J connectivity index is 1.03. The van der Waals surface area contributed by atoms with Gasteiger partial charge in [-0.25, -0.2) is 0 Å². The SMILES string of the molecule is CC1(C)c2ccccc2-c2ccc(N(c3ccc4c(c3)sc3cc5c6ccccc6c6ccccc6c5cc34)c3ccc4oc5ccc(-c6ccccn6)cc5c4c3)cc21. The van der Waals surface area contributed by atoms with Crippen molar-refractivity contribution in [1.82, 2.24) is 4.98 Å². The molecule has 12 aromatic rings. The zero-order valence-electron chi connectivity index (χ0n) is 33.0. The number of rotatable bonds is 4. The van der Waals surface area contributed by atoms with Crippen molar-refractivity contribution in [2.45, 2.75) is 19.3 Å². The van der Waals surface area contributed by atoms with Crippen LogP contribution in [0, 0.1) is 0 Å². The van der Waals surface area contributed by atoms with Crippen molar-refractivity contribution >= 4 is 103 Å². The molecule has 0 aliphatic heterocycles. The molecule has 0 unspecified atom stereocenters. The quantitative estimate of drug-likeness (QED) is 0.166. The summed E-state index contributed by atoms with van der Waals surface area (Å²) in [5.74, 6) is 0. The van der Waals surface area contributed by atoms with E-state index in [0.29, 0.717) is 0 Å². The predicted molar refractivity (Wildman–Crippen MR) is 255 cm³/mol. The minimum atomic E-state index is -0.133. The second-order valence-corrected chi connectivity index (χ2v) is 17.8. The van der Waals surface area contributed by atoms with E-state index in [-0.39, 0.29) is 5.41 Å². The lowest BCUT2D eigenvalue weighted by Gasteiger charge is -2.28. The monoisotopic (exact) mass is 784 g/mol. The average molecular weight is 785 g/mol. The molecule has 0 amide bonds. The van der Waals surface area contributed by atoms with Crippen molar-refractivity contribution in [3.05, 3.63) is 193 Å². The van der Waals surface area contributed by atoms with Gasteiger partial charge in [-0.05, 0) is 140 Å². The fourth-order valence-corrected chi connectivity index (χ4v) is 11.3. The largest absolute Gasteiger partial charge is 0.456 e. The van der Waals surface area contributed by atoms with Crippen LogP contribution in [0.4, 0.5) is 17.1 Å². The molecule has 0 N–H and O–H groups in total. The molecule has 3 nitrogen and oxygen atoms in total. The topological polar surface area (TPSA) is 29.3 Å². The Labute approximate surface area is 350 Å². The summed E-state index contributed by atoms with van der Waals surface area (Å²) in [6.07, 6.45) is 1.85. The fraction of sp³-hybridized carbons (Fsp3) is 0.0536. The van der Waals surface area contributed by atoms with E-state index in [1.54, 1.807) is 0 Å². The number of benzene rings is 9. The first-order chi connectivity index (χ1) is 29.5. The lowest BCUT2D eigenvalue weighted by molar-refractivity contribution is 0.660. The molecule has 0 saturated heterocycles. The lowest BCUT2D eigenvalue weighted by atomic mass is 9.82. The number of anilines is 3. The molecule has 60 heavy (non-hydrogen) atoms. The summed E-state index contributed by atoms with van der Waals surface area (Å²) in [6.45, 7) is 4.71. The summed E-state index contributed by atoms with van der Waals surface area (Å²) in [5, 5.41) is 12.5. The van der Waals surface area contributed by atoms with Gasteiger partial charge in [-0.3, -0.25) is 4.98 Å². The van der Waals surface area contributed by atoms with Gasteiger partial charge < -0.3 is 9.32 Å². The third-order valence-electron chi connectivity index (χ3n) is 13.1. The van der Waals surface area contributed by atoms with Gasteiger partial charge in [0.15, 0.2) is 0 Å². The van der Waals surface area contributed by atoms with Crippen molar-refractivity contribution in [1.29, 1.82) is 0 Å². The highest BCUT2D eigenvalue weighted by atomic mass is 32.1. The van der Waals surface area contributed by atoms with Crippen molar-refractivity contribution in [2.75, 3.05) is 4.90 Å². The second-order valence-electron chi connectivity index (χ2n) is 16.7. The zero-order valence-corrected chi connectivity index (χ0v) is 33.8. The maximum atomic E-state index is 6.45. The third kappa shape index (κ3) is 4.80. The molecule has 1 aliphatic carbocycles. The first-order valence-electron chi connectivity index (χ1n) is 20.6. The van der Waals surface area contributed by atoms with Crippen LogP contribution in [0.3, 0.4) is 0 Å². The highest BCUT2D eigenvalue weighted by molar-refractivity contribution is 7.26. The normalized spacial score (nSPS) is 13.3. The van der Waals surface area contributed by atoms with E-state index in [2.05, 4.69) is 188 Å². The van der Waals surface area contributed by atoms with Gasteiger partial charge in [0.25, 0.3) is 0 Å². The molecule has 0 saturated carbocycles. The minimum absolute atomic E-state index is 0.133. The maximum Gasteiger partial charge on any atom is 0.135 e. The molecule has 0 bridgehead atoms. The number of nitrogens with zero attached hydrogens (tertiary/aromatic N) is 2. The summed E-state index contributed by atoms with van der Waals surface area (Å²) in [6, 6.07) is 64.6. The van der Waals surface area contributed by atoms with Gasteiger partial charge in [-0.1, -0.05) is 105 Å². The molecule has 0 spiro atoms. The van der Waals surface area contributed by atoms with Gasteiger partial charge in [-0.15, -0.1) is 11.3 Å². The van der Waals surface area contributed by atoms with E-state index >= 15 is 0 Å². The van der Waals surface area contributed by atoms with Crippen LogP contribution in [0.5, 0.6) is 0 Å². The molecule has 1 aliphatic rings. The predicted octanol–water partition coefficient (Wildman–Crippen LogP) is 16.3. The molecule has 3 heterocycles. The Morgan fingerprint density at radius 2 is 1.03 bits per heavy atom. The average Bonchev–Trinajstić information content (AvgIpc) is 3.92. The van der Waals surface area contributed by atoms with E-state index in [1.807, 2.05) is 29.7 Å². The summed E-state index contributed by atoms with van der Waals surface area (Å²) >= 11 is 1.88. The Morgan fingerprint density at radius 1 is 0.433 bits per heavy atom. The van der Waals surface area contributed by atoms with Crippen molar-refractivity contribution < 1.29 is 4.42 Å². The zero-order chi connectivity index (χ0) is 39.7. The molecular weight excluding hydrogens is 749 g/mol. The van der Waals surface area contributed by atoms with Gasteiger partial charge in [-0.2, -0.15) is 0 Å². The Bertz CT molecular complexity index is 3760. The summed E-state index contributed by atoms with van der Waals surface area (Å²) in [7, 11) is 0. The van der Waals surface area contributed by atoms with Crippen LogP contribution in [0.2, 0.25) is 0 Å². The van der Waals surface area contributed by atoms with E-state index in [4.69, 9.17) is 4.42 Å². The number of hydrogen-bond acceptors (Lipinski definition) is 4. The van der Waals surface area contributed by atoms with Crippen LogP contribution < -0.4 is 4.90 Å². The van der Waals surface area contributed by atoms with E-state index in [9.17, 15) is 0 Å². The first kappa shape index (κ1) is 33.7. The molecule has 0 radical (unpaired) electrons. The molecule has 13 rings (SSSR count). The molecule has 9 aromatic carbocycles. The van der Waals surface area contributed by atoms with Crippen LogP contribution in [0.1, 0.15) is 25.0 Å². The number of fused-ring (bicyclic) bond motifs is 15. The third-order valence-corrected chi connectivity index (χ3v) is 14.2. The Kier molecular flexibility index (Phi) is 6.94. The standard InChI is InChI=1S/C56H36N2OS/c1-56(2)49-16-8-7-15-41(49)42-22-19-35(29-50(42)56)58(34-21-25-53-47(28-34)46-27-33(18-24-52(46)59-53)51-17-9-10-26-57-51)36-20-23-43-48-31-44-39-13-5-3-11-37(39)38-12-4-6-14-40(38)45(44)32-55(48)60-54(43)30-36/h3-32H,1-2H3. The minimum Gasteiger partial charge on any atom is -0.456 e. The lowest BCUT2D eigenvalue weighted by Crippen LogP contribution is -2.16. The van der Waals surface area contributed by atoms with Gasteiger partial charge in [0.1, 0.15) is 11.2 Å². The van der Waals surface area contributed by atoms with E-state index < -0.39 is 0 Å².